The fraction of sp³-hybridized carbons (Fsp3) is 0.818. The Kier molecular flexibility index (Phi) is 6.12. The molecule has 6 nitrogen and oxygen atoms in total. The molecule has 6 heteroatoms. The zero-order chi connectivity index (χ0) is 13.6. The molecule has 2 unspecified atom stereocenters. The summed E-state index contributed by atoms with van der Waals surface area (Å²) in [5.41, 5.74) is -1.95. The van der Waals surface area contributed by atoms with Crippen molar-refractivity contribution < 1.29 is 30.0 Å². The van der Waals surface area contributed by atoms with Gasteiger partial charge >= 0.3 is 0 Å². The molecule has 0 saturated carbocycles. The van der Waals surface area contributed by atoms with Crippen molar-refractivity contribution in [2.24, 2.45) is 5.41 Å². The maximum Gasteiger partial charge on any atom is 0.0671 e. The van der Waals surface area contributed by atoms with Crippen LogP contribution in [0, 0.1) is 5.41 Å². The number of aliphatic hydroxyl groups excluding tert-OH is 2. The summed E-state index contributed by atoms with van der Waals surface area (Å²) in [6.07, 6.45) is -3.52. The highest BCUT2D eigenvalue weighted by atomic mass is 16.4. The lowest BCUT2D eigenvalue weighted by Crippen LogP contribution is -2.57. The Morgan fingerprint density at radius 1 is 1.12 bits per heavy atom. The van der Waals surface area contributed by atoms with E-state index in [9.17, 15) is 30.0 Å². The monoisotopic (exact) mass is 246 g/mol. The number of hydrogen-bond acceptors (Lipinski definition) is 6. The van der Waals surface area contributed by atoms with Crippen molar-refractivity contribution in [1.29, 1.82) is 0 Å². The topological polar surface area (TPSA) is 121 Å². The molecule has 0 amide bonds. The summed E-state index contributed by atoms with van der Waals surface area (Å²) in [6.45, 7) is 3.09. The molecule has 2 atom stereocenters. The van der Waals surface area contributed by atoms with Gasteiger partial charge in [-0.3, -0.25) is 0 Å². The van der Waals surface area contributed by atoms with E-state index in [2.05, 4.69) is 0 Å². The first-order valence-corrected chi connectivity index (χ1v) is 5.60. The molecule has 0 aliphatic carbocycles. The normalized spacial score (nSPS) is 18.1. The van der Waals surface area contributed by atoms with Crippen molar-refractivity contribution in [2.75, 3.05) is 0 Å². The van der Waals surface area contributed by atoms with Crippen LogP contribution in [0.2, 0.25) is 0 Å². The summed E-state index contributed by atoms with van der Waals surface area (Å²) >= 11 is 0. The van der Waals surface area contributed by atoms with Gasteiger partial charge in [0.1, 0.15) is 0 Å². The van der Waals surface area contributed by atoms with Gasteiger partial charge in [-0.15, -0.1) is 0 Å². The van der Waals surface area contributed by atoms with Gasteiger partial charge in [-0.05, 0) is 25.7 Å². The Labute approximate surface area is 99.9 Å². The van der Waals surface area contributed by atoms with E-state index >= 15 is 0 Å². The number of hydrogen-bond donors (Lipinski definition) is 2. The molecule has 0 aromatic heterocycles. The van der Waals surface area contributed by atoms with E-state index < -0.39 is 42.4 Å². The number of aliphatic hydroxyl groups is 2. The number of carbonyl (C=O) groups is 2. The Balaban J connectivity index is 5.24. The van der Waals surface area contributed by atoms with Crippen LogP contribution >= 0.6 is 0 Å². The summed E-state index contributed by atoms with van der Waals surface area (Å²) in [5.74, 6) is -3.07. The quantitative estimate of drug-likeness (QED) is 0.501. The van der Waals surface area contributed by atoms with E-state index in [-0.39, 0.29) is 12.8 Å². The first-order chi connectivity index (χ1) is 7.82. The summed E-state index contributed by atoms with van der Waals surface area (Å²) in [7, 11) is 0. The SMILES string of the molecule is CCC(O)C(CCC(=O)[O-])(C(=O)[O-])C(O)CC. The first-order valence-electron chi connectivity index (χ1n) is 5.60. The highest BCUT2D eigenvalue weighted by Crippen LogP contribution is 2.35. The van der Waals surface area contributed by atoms with Crippen molar-refractivity contribution >= 4 is 11.9 Å². The molecular formula is C11H18O6-2. The smallest absolute Gasteiger partial charge is 0.0671 e. The summed E-state index contributed by atoms with van der Waals surface area (Å²) < 4.78 is 0. The Morgan fingerprint density at radius 2 is 1.53 bits per heavy atom. The van der Waals surface area contributed by atoms with Gasteiger partial charge in [-0.1, -0.05) is 13.8 Å². The molecule has 0 heterocycles. The number of rotatable bonds is 8. The second-order valence-corrected chi connectivity index (χ2v) is 4.05. The minimum atomic E-state index is -1.95. The summed E-state index contributed by atoms with van der Waals surface area (Å²) in [4.78, 5) is 21.6. The van der Waals surface area contributed by atoms with E-state index in [1.54, 1.807) is 13.8 Å². The van der Waals surface area contributed by atoms with E-state index in [4.69, 9.17) is 0 Å². The average Bonchev–Trinajstić information content (AvgIpc) is 2.27. The van der Waals surface area contributed by atoms with Gasteiger partial charge in [0.2, 0.25) is 0 Å². The molecule has 0 aliphatic rings. The van der Waals surface area contributed by atoms with Gasteiger partial charge in [-0.2, -0.15) is 0 Å². The molecule has 0 spiro atoms. The fourth-order valence-electron chi connectivity index (χ4n) is 1.97. The molecular weight excluding hydrogens is 228 g/mol. The average molecular weight is 246 g/mol. The predicted molar refractivity (Wildman–Crippen MR) is 54.3 cm³/mol. The molecule has 0 radical (unpaired) electrons. The van der Waals surface area contributed by atoms with Crippen molar-refractivity contribution in [3.05, 3.63) is 0 Å². The molecule has 0 saturated heterocycles. The second-order valence-electron chi connectivity index (χ2n) is 4.05. The minimum Gasteiger partial charge on any atom is -0.550 e. The van der Waals surface area contributed by atoms with E-state index in [0.29, 0.717) is 0 Å². The molecule has 2 N–H and O–H groups in total. The van der Waals surface area contributed by atoms with Crippen LogP contribution in [-0.4, -0.2) is 34.4 Å². The van der Waals surface area contributed by atoms with Crippen molar-refractivity contribution in [2.45, 2.75) is 51.7 Å². The van der Waals surface area contributed by atoms with Crippen LogP contribution in [0.25, 0.3) is 0 Å². The van der Waals surface area contributed by atoms with Crippen LogP contribution in [0.4, 0.5) is 0 Å². The lowest BCUT2D eigenvalue weighted by molar-refractivity contribution is -0.331. The molecule has 0 aromatic rings. The first kappa shape index (κ1) is 15.9. The molecule has 100 valence electrons. The highest BCUT2D eigenvalue weighted by Gasteiger charge is 2.44. The van der Waals surface area contributed by atoms with Crippen molar-refractivity contribution in [1.82, 2.24) is 0 Å². The zero-order valence-corrected chi connectivity index (χ0v) is 10.0. The standard InChI is InChI=1S/C11H20O6/c1-3-7(12)11(10(16)17,8(13)4-2)6-5-9(14)15/h7-8,12-13H,3-6H2,1-2H3,(H,14,15)(H,16,17)/p-2. The third kappa shape index (κ3) is 3.41. The van der Waals surface area contributed by atoms with Crippen LogP contribution in [0.3, 0.4) is 0 Å². The van der Waals surface area contributed by atoms with Gasteiger partial charge in [0.25, 0.3) is 0 Å². The largest absolute Gasteiger partial charge is 0.550 e. The third-order valence-electron chi connectivity index (χ3n) is 3.09. The predicted octanol–water partition coefficient (Wildman–Crippen LogP) is -2.21. The fourth-order valence-corrected chi connectivity index (χ4v) is 1.97. The third-order valence-corrected chi connectivity index (χ3v) is 3.09. The number of carboxylic acid groups (broad SMARTS) is 2. The highest BCUT2D eigenvalue weighted by molar-refractivity contribution is 5.75. The van der Waals surface area contributed by atoms with Gasteiger partial charge in [0.15, 0.2) is 0 Å². The number of carbonyl (C=O) groups excluding carboxylic acids is 2. The Bertz CT molecular complexity index is 265. The molecule has 0 aromatic carbocycles. The molecule has 0 bridgehead atoms. The molecule has 0 fully saturated rings. The maximum absolute atomic E-state index is 11.2. The molecule has 17 heavy (non-hydrogen) atoms. The second kappa shape index (κ2) is 6.56. The van der Waals surface area contributed by atoms with Crippen molar-refractivity contribution in [3.8, 4) is 0 Å². The van der Waals surface area contributed by atoms with Gasteiger partial charge in [-0.25, -0.2) is 0 Å². The maximum atomic E-state index is 11.2. The van der Waals surface area contributed by atoms with Crippen LogP contribution in [0.5, 0.6) is 0 Å². The lowest BCUT2D eigenvalue weighted by atomic mass is 9.71. The van der Waals surface area contributed by atoms with E-state index in [0.717, 1.165) is 0 Å². The van der Waals surface area contributed by atoms with Crippen molar-refractivity contribution in [3.63, 3.8) is 0 Å². The zero-order valence-electron chi connectivity index (χ0n) is 10.0. The van der Waals surface area contributed by atoms with Gasteiger partial charge < -0.3 is 30.0 Å². The Morgan fingerprint density at radius 3 is 1.76 bits per heavy atom. The van der Waals surface area contributed by atoms with E-state index in [1.165, 1.54) is 0 Å². The van der Waals surface area contributed by atoms with Crippen LogP contribution in [0.1, 0.15) is 39.5 Å². The van der Waals surface area contributed by atoms with Gasteiger partial charge in [0.05, 0.1) is 23.6 Å². The van der Waals surface area contributed by atoms with Crippen LogP contribution in [-0.2, 0) is 9.59 Å². The molecule has 0 aliphatic heterocycles. The van der Waals surface area contributed by atoms with Crippen LogP contribution < -0.4 is 10.2 Å². The summed E-state index contributed by atoms with van der Waals surface area (Å²) in [6, 6.07) is 0. The van der Waals surface area contributed by atoms with Crippen LogP contribution in [0.15, 0.2) is 0 Å². The lowest BCUT2D eigenvalue weighted by Gasteiger charge is -2.42. The number of aliphatic carboxylic acids is 2. The Hall–Kier alpha value is -1.14. The summed E-state index contributed by atoms with van der Waals surface area (Å²) in [5, 5.41) is 41.1. The molecule has 0 rings (SSSR count). The minimum absolute atomic E-state index is 0.0814. The van der Waals surface area contributed by atoms with Gasteiger partial charge in [0, 0.05) is 5.97 Å². The number of carboxylic acids is 2. The van der Waals surface area contributed by atoms with E-state index in [1.807, 2.05) is 0 Å².